The number of aliphatic hydroxyl groups is 1. The molecule has 1 aromatic rings. The highest BCUT2D eigenvalue weighted by Crippen LogP contribution is 2.41. The molecule has 0 spiro atoms. The van der Waals surface area contributed by atoms with Crippen molar-refractivity contribution in [2.45, 2.75) is 50.2 Å². The van der Waals surface area contributed by atoms with Crippen LogP contribution < -0.4 is 5.32 Å². The quantitative estimate of drug-likeness (QED) is 0.825. The second-order valence-electron chi connectivity index (χ2n) is 5.12. The molecule has 0 unspecified atom stereocenters. The molecule has 2 aliphatic carbocycles. The minimum Gasteiger partial charge on any atom is -0.389 e. The normalized spacial score (nSPS) is 23.1. The number of hydrogen-bond acceptors (Lipinski definition) is 4. The standard InChI is InChI=1S/C12H18N2OS/c15-12(4-1-5-12)8-13-6-10-7-14-11(16-10)9-2-3-9/h7,9,13,15H,1-6,8H2. The van der Waals surface area contributed by atoms with Gasteiger partial charge in [0.15, 0.2) is 0 Å². The van der Waals surface area contributed by atoms with Gasteiger partial charge in [0.05, 0.1) is 10.6 Å². The Labute approximate surface area is 99.9 Å². The minimum absolute atomic E-state index is 0.413. The van der Waals surface area contributed by atoms with Crippen molar-refractivity contribution in [3.8, 4) is 0 Å². The summed E-state index contributed by atoms with van der Waals surface area (Å²) >= 11 is 1.82. The number of aromatic nitrogens is 1. The zero-order chi connectivity index (χ0) is 11.0. The summed E-state index contributed by atoms with van der Waals surface area (Å²) in [5.41, 5.74) is -0.413. The van der Waals surface area contributed by atoms with Crippen molar-refractivity contribution in [1.29, 1.82) is 0 Å². The SMILES string of the molecule is OC1(CNCc2cnc(C3CC3)s2)CCC1. The molecular formula is C12H18N2OS. The van der Waals surface area contributed by atoms with E-state index < -0.39 is 5.60 Å². The third-order valence-electron chi connectivity index (χ3n) is 3.54. The second-order valence-corrected chi connectivity index (χ2v) is 6.27. The van der Waals surface area contributed by atoms with Gasteiger partial charge < -0.3 is 10.4 Å². The Kier molecular flexibility index (Phi) is 2.73. The van der Waals surface area contributed by atoms with Crippen molar-refractivity contribution in [3.05, 3.63) is 16.1 Å². The van der Waals surface area contributed by atoms with Crippen LogP contribution in [0.2, 0.25) is 0 Å². The maximum absolute atomic E-state index is 9.92. The number of rotatable bonds is 5. The topological polar surface area (TPSA) is 45.1 Å². The van der Waals surface area contributed by atoms with Gasteiger partial charge in [-0.15, -0.1) is 11.3 Å². The van der Waals surface area contributed by atoms with Crippen LogP contribution in [0.25, 0.3) is 0 Å². The first kappa shape index (κ1) is 10.7. The summed E-state index contributed by atoms with van der Waals surface area (Å²) in [5, 5.41) is 14.6. The first-order valence-corrected chi connectivity index (χ1v) is 6.95. The Morgan fingerprint density at radius 1 is 1.50 bits per heavy atom. The summed E-state index contributed by atoms with van der Waals surface area (Å²) in [6, 6.07) is 0. The molecule has 3 nitrogen and oxygen atoms in total. The van der Waals surface area contributed by atoms with Crippen molar-refractivity contribution in [3.63, 3.8) is 0 Å². The number of thiazole rings is 1. The molecule has 16 heavy (non-hydrogen) atoms. The van der Waals surface area contributed by atoms with E-state index in [1.807, 2.05) is 17.5 Å². The monoisotopic (exact) mass is 238 g/mol. The molecule has 0 radical (unpaired) electrons. The molecule has 0 aromatic carbocycles. The van der Waals surface area contributed by atoms with Gasteiger partial charge in [0.2, 0.25) is 0 Å². The van der Waals surface area contributed by atoms with E-state index in [-0.39, 0.29) is 0 Å². The Bertz CT molecular complexity index is 369. The molecule has 1 heterocycles. The first-order valence-electron chi connectivity index (χ1n) is 6.13. The molecule has 0 saturated heterocycles. The van der Waals surface area contributed by atoms with Crippen LogP contribution in [0.3, 0.4) is 0 Å². The molecule has 2 N–H and O–H groups in total. The van der Waals surface area contributed by atoms with Crippen molar-refractivity contribution in [2.24, 2.45) is 0 Å². The number of hydrogen-bond donors (Lipinski definition) is 2. The van der Waals surface area contributed by atoms with Crippen LogP contribution in [0.1, 0.15) is 47.9 Å². The number of nitrogens with zero attached hydrogens (tertiary/aromatic N) is 1. The van der Waals surface area contributed by atoms with Crippen LogP contribution in [-0.4, -0.2) is 22.2 Å². The number of nitrogens with one attached hydrogen (secondary N) is 1. The molecule has 2 saturated carbocycles. The lowest BCUT2D eigenvalue weighted by Crippen LogP contribution is -2.45. The van der Waals surface area contributed by atoms with E-state index in [0.717, 1.165) is 31.8 Å². The Balaban J connectivity index is 1.46. The summed E-state index contributed by atoms with van der Waals surface area (Å²) in [7, 11) is 0. The van der Waals surface area contributed by atoms with Crippen LogP contribution >= 0.6 is 11.3 Å². The van der Waals surface area contributed by atoms with Crippen molar-refractivity contribution in [2.75, 3.05) is 6.54 Å². The van der Waals surface area contributed by atoms with E-state index in [1.165, 1.54) is 29.1 Å². The molecule has 0 bridgehead atoms. The molecular weight excluding hydrogens is 220 g/mol. The Hall–Kier alpha value is -0.450. The van der Waals surface area contributed by atoms with Gasteiger partial charge in [-0.3, -0.25) is 0 Å². The van der Waals surface area contributed by atoms with E-state index in [0.29, 0.717) is 0 Å². The van der Waals surface area contributed by atoms with Crippen LogP contribution in [0.15, 0.2) is 6.20 Å². The molecule has 2 fully saturated rings. The average molecular weight is 238 g/mol. The van der Waals surface area contributed by atoms with E-state index in [4.69, 9.17) is 0 Å². The van der Waals surface area contributed by atoms with Crippen LogP contribution in [0.5, 0.6) is 0 Å². The first-order chi connectivity index (χ1) is 7.75. The zero-order valence-corrected chi connectivity index (χ0v) is 10.2. The Morgan fingerprint density at radius 2 is 2.31 bits per heavy atom. The molecule has 1 aromatic heterocycles. The fraction of sp³-hybridized carbons (Fsp3) is 0.750. The largest absolute Gasteiger partial charge is 0.389 e. The highest BCUT2D eigenvalue weighted by molar-refractivity contribution is 7.11. The lowest BCUT2D eigenvalue weighted by Gasteiger charge is -2.36. The molecule has 3 rings (SSSR count). The maximum atomic E-state index is 9.92. The third kappa shape index (κ3) is 2.29. The summed E-state index contributed by atoms with van der Waals surface area (Å²) < 4.78 is 0. The van der Waals surface area contributed by atoms with Crippen LogP contribution in [0.4, 0.5) is 0 Å². The van der Waals surface area contributed by atoms with E-state index in [9.17, 15) is 5.11 Å². The summed E-state index contributed by atoms with van der Waals surface area (Å²) in [6.45, 7) is 1.58. The van der Waals surface area contributed by atoms with Crippen molar-refractivity contribution < 1.29 is 5.11 Å². The van der Waals surface area contributed by atoms with Crippen molar-refractivity contribution in [1.82, 2.24) is 10.3 Å². The minimum atomic E-state index is -0.413. The van der Waals surface area contributed by atoms with Gasteiger partial charge in [0.1, 0.15) is 0 Å². The van der Waals surface area contributed by atoms with E-state index >= 15 is 0 Å². The van der Waals surface area contributed by atoms with E-state index in [1.54, 1.807) is 0 Å². The van der Waals surface area contributed by atoms with Gasteiger partial charge in [0.25, 0.3) is 0 Å². The highest BCUT2D eigenvalue weighted by atomic mass is 32.1. The van der Waals surface area contributed by atoms with Crippen molar-refractivity contribution >= 4 is 11.3 Å². The summed E-state index contributed by atoms with van der Waals surface area (Å²) in [5.74, 6) is 0.759. The molecule has 0 amide bonds. The predicted octanol–water partition coefficient (Wildman–Crippen LogP) is 2.03. The highest BCUT2D eigenvalue weighted by Gasteiger charge is 2.33. The molecule has 0 aliphatic heterocycles. The average Bonchev–Trinajstić information content (AvgIpc) is 2.97. The van der Waals surface area contributed by atoms with Crippen LogP contribution in [-0.2, 0) is 6.54 Å². The van der Waals surface area contributed by atoms with Gasteiger partial charge in [-0.2, -0.15) is 0 Å². The lowest BCUT2D eigenvalue weighted by molar-refractivity contribution is -0.0314. The molecule has 2 aliphatic rings. The van der Waals surface area contributed by atoms with E-state index in [2.05, 4.69) is 10.3 Å². The van der Waals surface area contributed by atoms with Crippen LogP contribution in [0, 0.1) is 0 Å². The van der Waals surface area contributed by atoms with Gasteiger partial charge in [-0.25, -0.2) is 4.98 Å². The zero-order valence-electron chi connectivity index (χ0n) is 9.41. The van der Waals surface area contributed by atoms with Gasteiger partial charge >= 0.3 is 0 Å². The fourth-order valence-electron chi connectivity index (χ4n) is 2.10. The predicted molar refractivity (Wildman–Crippen MR) is 64.6 cm³/mol. The Morgan fingerprint density at radius 3 is 2.94 bits per heavy atom. The maximum Gasteiger partial charge on any atom is 0.0959 e. The lowest BCUT2D eigenvalue weighted by atomic mass is 9.80. The molecule has 4 heteroatoms. The summed E-state index contributed by atoms with van der Waals surface area (Å²) in [6.07, 6.45) is 7.70. The fourth-order valence-corrected chi connectivity index (χ4v) is 3.16. The smallest absolute Gasteiger partial charge is 0.0959 e. The van der Waals surface area contributed by atoms with Gasteiger partial charge in [0, 0.05) is 30.1 Å². The van der Waals surface area contributed by atoms with Gasteiger partial charge in [-0.1, -0.05) is 0 Å². The second kappa shape index (κ2) is 4.09. The van der Waals surface area contributed by atoms with Gasteiger partial charge in [-0.05, 0) is 32.1 Å². The molecule has 0 atom stereocenters. The third-order valence-corrected chi connectivity index (χ3v) is 4.70. The summed E-state index contributed by atoms with van der Waals surface area (Å²) in [4.78, 5) is 5.74. The molecule has 88 valence electrons.